The van der Waals surface area contributed by atoms with E-state index in [9.17, 15) is 18.0 Å². The van der Waals surface area contributed by atoms with Crippen molar-refractivity contribution in [2.45, 2.75) is 12.8 Å². The van der Waals surface area contributed by atoms with Crippen molar-refractivity contribution >= 4 is 23.1 Å². The van der Waals surface area contributed by atoms with Crippen LogP contribution in [0.15, 0.2) is 48.7 Å². The van der Waals surface area contributed by atoms with Gasteiger partial charge in [0.1, 0.15) is 17.9 Å². The first-order valence-electron chi connectivity index (χ1n) is 7.67. The predicted molar refractivity (Wildman–Crippen MR) is 94.2 cm³/mol. The number of halogens is 4. The lowest BCUT2D eigenvalue weighted by molar-refractivity contribution is -0.137. The Morgan fingerprint density at radius 3 is 2.44 bits per heavy atom. The maximum Gasteiger partial charge on any atom is 0.416 e. The van der Waals surface area contributed by atoms with Crippen molar-refractivity contribution in [2.75, 3.05) is 14.2 Å². The third-order valence-electron chi connectivity index (χ3n) is 3.59. The molecule has 0 heterocycles. The van der Waals surface area contributed by atoms with Gasteiger partial charge in [0.2, 0.25) is 0 Å². The lowest BCUT2D eigenvalue weighted by atomic mass is 10.0. The number of carbonyl (C=O) groups excluding carboxylic acids is 1. The lowest BCUT2D eigenvalue weighted by Crippen LogP contribution is -2.08. The van der Waals surface area contributed by atoms with Crippen LogP contribution in [0.4, 0.5) is 13.2 Å². The van der Waals surface area contributed by atoms with E-state index in [4.69, 9.17) is 25.8 Å². The van der Waals surface area contributed by atoms with E-state index in [1.807, 2.05) is 0 Å². The molecule has 0 saturated heterocycles. The Kier molecular flexibility index (Phi) is 6.74. The van der Waals surface area contributed by atoms with Crippen LogP contribution in [0.25, 0.3) is 5.57 Å². The van der Waals surface area contributed by atoms with Gasteiger partial charge in [-0.1, -0.05) is 35.9 Å². The summed E-state index contributed by atoms with van der Waals surface area (Å²) < 4.78 is 53.4. The zero-order chi connectivity index (χ0) is 20.0. The molecule has 0 radical (unpaired) electrons. The van der Waals surface area contributed by atoms with E-state index >= 15 is 0 Å². The summed E-state index contributed by atoms with van der Waals surface area (Å²) in [6.45, 7) is -0.0285. The van der Waals surface area contributed by atoms with E-state index in [-0.39, 0.29) is 23.0 Å². The van der Waals surface area contributed by atoms with Gasteiger partial charge >= 0.3 is 12.1 Å². The van der Waals surface area contributed by atoms with Crippen molar-refractivity contribution in [1.29, 1.82) is 0 Å². The van der Waals surface area contributed by atoms with Crippen LogP contribution in [-0.2, 0) is 27.1 Å². The number of ether oxygens (including phenoxy) is 3. The molecule has 0 saturated carbocycles. The van der Waals surface area contributed by atoms with Crippen LogP contribution in [0, 0.1) is 0 Å². The van der Waals surface area contributed by atoms with Gasteiger partial charge in [0.25, 0.3) is 0 Å². The Morgan fingerprint density at radius 1 is 1.15 bits per heavy atom. The first kappa shape index (κ1) is 20.6. The molecule has 0 bridgehead atoms. The zero-order valence-electron chi connectivity index (χ0n) is 14.5. The van der Waals surface area contributed by atoms with Crippen LogP contribution in [-0.4, -0.2) is 20.2 Å². The van der Waals surface area contributed by atoms with E-state index < -0.39 is 17.7 Å². The fourth-order valence-electron chi connectivity index (χ4n) is 2.31. The van der Waals surface area contributed by atoms with Crippen LogP contribution in [0.1, 0.15) is 16.7 Å². The van der Waals surface area contributed by atoms with E-state index in [2.05, 4.69) is 0 Å². The predicted octanol–water partition coefficient (Wildman–Crippen LogP) is 5.10. The second-order valence-corrected chi connectivity index (χ2v) is 5.75. The molecule has 0 N–H and O–H groups in total. The van der Waals surface area contributed by atoms with Gasteiger partial charge in [0.05, 0.1) is 31.1 Å². The van der Waals surface area contributed by atoms with Crippen molar-refractivity contribution in [3.05, 3.63) is 70.4 Å². The Bertz CT molecular complexity index is 847. The molecule has 2 aromatic carbocycles. The maximum absolute atomic E-state index is 12.7. The largest absolute Gasteiger partial charge is 0.503 e. The van der Waals surface area contributed by atoms with Crippen LogP contribution < -0.4 is 4.74 Å². The number of hydrogen-bond donors (Lipinski definition) is 0. The summed E-state index contributed by atoms with van der Waals surface area (Å²) in [7, 11) is 2.64. The van der Waals surface area contributed by atoms with Gasteiger partial charge < -0.3 is 14.2 Å². The molecular weight excluding hydrogens is 385 g/mol. The molecule has 0 fully saturated rings. The van der Waals surface area contributed by atoms with E-state index in [1.165, 1.54) is 20.5 Å². The molecule has 0 atom stereocenters. The highest BCUT2D eigenvalue weighted by atomic mass is 35.5. The van der Waals surface area contributed by atoms with Crippen LogP contribution in [0.2, 0.25) is 5.02 Å². The lowest BCUT2D eigenvalue weighted by Gasteiger charge is -2.14. The summed E-state index contributed by atoms with van der Waals surface area (Å²) >= 11 is 5.90. The second kappa shape index (κ2) is 8.81. The average Bonchev–Trinajstić information content (AvgIpc) is 2.64. The normalized spacial score (nSPS) is 11.9. The Labute approximate surface area is 159 Å². The number of esters is 1. The minimum atomic E-state index is -4.49. The van der Waals surface area contributed by atoms with Gasteiger partial charge in [-0.15, -0.1) is 0 Å². The Hall–Kier alpha value is -2.67. The number of benzene rings is 2. The van der Waals surface area contributed by atoms with Gasteiger partial charge in [0, 0.05) is 0 Å². The summed E-state index contributed by atoms with van der Waals surface area (Å²) in [6, 6.07) is 9.68. The standard InChI is InChI=1S/C19H16ClF3O4/c1-25-11-15(18(24)26-2)14-6-4-3-5-12(14)10-27-17-8-7-13(9-16(17)20)19(21,22)23/h3-9,11H,10H2,1-2H3. The number of rotatable bonds is 6. The minimum absolute atomic E-state index is 0.0285. The number of hydrogen-bond acceptors (Lipinski definition) is 4. The molecule has 144 valence electrons. The molecular formula is C19H16ClF3O4. The van der Waals surface area contributed by atoms with E-state index in [0.717, 1.165) is 18.2 Å². The van der Waals surface area contributed by atoms with Crippen LogP contribution >= 0.6 is 11.6 Å². The van der Waals surface area contributed by atoms with Crippen molar-refractivity contribution in [1.82, 2.24) is 0 Å². The molecule has 2 aromatic rings. The molecule has 0 spiro atoms. The maximum atomic E-state index is 12.7. The quantitative estimate of drug-likeness (QED) is 0.384. The fourth-order valence-corrected chi connectivity index (χ4v) is 2.54. The van der Waals surface area contributed by atoms with Gasteiger partial charge in [0.15, 0.2) is 0 Å². The zero-order valence-corrected chi connectivity index (χ0v) is 15.2. The molecule has 0 aliphatic carbocycles. The summed E-state index contributed by atoms with van der Waals surface area (Å²) in [5.41, 5.74) is 0.422. The number of methoxy groups -OCH3 is 2. The van der Waals surface area contributed by atoms with Crippen molar-refractivity contribution in [2.24, 2.45) is 0 Å². The Balaban J connectivity index is 2.27. The van der Waals surface area contributed by atoms with Crippen LogP contribution in [0.5, 0.6) is 5.75 Å². The summed E-state index contributed by atoms with van der Waals surface area (Å²) in [4.78, 5) is 12.0. The molecule has 0 aliphatic rings. The van der Waals surface area contributed by atoms with Gasteiger partial charge in [-0.3, -0.25) is 0 Å². The van der Waals surface area contributed by atoms with Gasteiger partial charge in [-0.05, 0) is 29.3 Å². The first-order valence-corrected chi connectivity index (χ1v) is 8.04. The molecule has 0 aromatic heterocycles. The topological polar surface area (TPSA) is 44.8 Å². The molecule has 0 aliphatic heterocycles. The summed E-state index contributed by atoms with van der Waals surface area (Å²) in [5, 5.41) is -0.164. The van der Waals surface area contributed by atoms with Gasteiger partial charge in [-0.2, -0.15) is 13.2 Å². The highest BCUT2D eigenvalue weighted by Crippen LogP contribution is 2.35. The fraction of sp³-hybridized carbons (Fsp3) is 0.211. The third kappa shape index (κ3) is 5.17. The molecule has 0 amide bonds. The highest BCUT2D eigenvalue weighted by molar-refractivity contribution is 6.32. The molecule has 8 heteroatoms. The minimum Gasteiger partial charge on any atom is -0.503 e. The second-order valence-electron chi connectivity index (χ2n) is 5.35. The first-order chi connectivity index (χ1) is 12.8. The molecule has 27 heavy (non-hydrogen) atoms. The van der Waals surface area contributed by atoms with Crippen molar-refractivity contribution in [3.8, 4) is 5.75 Å². The highest BCUT2D eigenvalue weighted by Gasteiger charge is 2.31. The molecule has 4 nitrogen and oxygen atoms in total. The van der Waals surface area contributed by atoms with Crippen molar-refractivity contribution < 1.29 is 32.2 Å². The smallest absolute Gasteiger partial charge is 0.416 e. The average molecular weight is 401 g/mol. The number of alkyl halides is 3. The number of carbonyl (C=O) groups is 1. The molecule has 2 rings (SSSR count). The summed E-state index contributed by atoms with van der Waals surface area (Å²) in [6.07, 6.45) is -3.25. The monoisotopic (exact) mass is 400 g/mol. The van der Waals surface area contributed by atoms with E-state index in [1.54, 1.807) is 24.3 Å². The van der Waals surface area contributed by atoms with Gasteiger partial charge in [-0.25, -0.2) is 4.79 Å². The van der Waals surface area contributed by atoms with Crippen LogP contribution in [0.3, 0.4) is 0 Å². The Morgan fingerprint density at radius 2 is 1.85 bits per heavy atom. The SMILES string of the molecule is COC=C(C(=O)OC)c1ccccc1COc1ccc(C(F)(F)F)cc1Cl. The third-order valence-corrected chi connectivity index (χ3v) is 3.89. The molecule has 0 unspecified atom stereocenters. The summed E-state index contributed by atoms with van der Waals surface area (Å²) in [5.74, 6) is -0.508. The van der Waals surface area contributed by atoms with Crippen molar-refractivity contribution in [3.63, 3.8) is 0 Å². The van der Waals surface area contributed by atoms with E-state index in [0.29, 0.717) is 11.1 Å².